The second kappa shape index (κ2) is 6.17. The predicted octanol–water partition coefficient (Wildman–Crippen LogP) is 1.95. The Hall–Kier alpha value is -2.70. The number of hydrogen-bond donors (Lipinski definition) is 2. The van der Waals surface area contributed by atoms with Crippen LogP contribution in [0.2, 0.25) is 0 Å². The van der Waals surface area contributed by atoms with Crippen LogP contribution < -0.4 is 5.32 Å². The lowest BCUT2D eigenvalue weighted by Crippen LogP contribution is -2.19. The highest BCUT2D eigenvalue weighted by Crippen LogP contribution is 2.15. The van der Waals surface area contributed by atoms with Gasteiger partial charge in [0.1, 0.15) is 0 Å². The number of carboxylic acids is 1. The summed E-state index contributed by atoms with van der Waals surface area (Å²) in [6, 6.07) is 6.97. The Balaban J connectivity index is 2.20. The van der Waals surface area contributed by atoms with Crippen LogP contribution >= 0.6 is 0 Å². The normalized spacial score (nSPS) is 11.9. The third kappa shape index (κ3) is 3.44. The molecule has 0 saturated heterocycles. The van der Waals surface area contributed by atoms with Crippen molar-refractivity contribution in [1.29, 1.82) is 0 Å². The fraction of sp³-hybridized carbons (Fsp3) is 0.286. The van der Waals surface area contributed by atoms with E-state index in [-0.39, 0.29) is 17.5 Å². The van der Waals surface area contributed by atoms with Crippen LogP contribution in [0.4, 0.5) is 5.69 Å². The first kappa shape index (κ1) is 14.7. The average Bonchev–Trinajstić information content (AvgIpc) is 2.96. The Morgan fingerprint density at radius 3 is 2.81 bits per heavy atom. The molecule has 7 heteroatoms. The molecule has 7 nitrogen and oxygen atoms in total. The first-order valence-electron chi connectivity index (χ1n) is 6.58. The van der Waals surface area contributed by atoms with Gasteiger partial charge in [-0.05, 0) is 24.6 Å². The highest BCUT2D eigenvalue weighted by atomic mass is 16.4. The number of carboxylic acid groups (broad SMARTS) is 1. The summed E-state index contributed by atoms with van der Waals surface area (Å²) in [7, 11) is 0. The minimum Gasteiger partial charge on any atom is -0.476 e. The SMILES string of the molecule is CCC(C)C(=O)Nc1cccc(-n2cc(C(=O)O)nn2)c1. The highest BCUT2D eigenvalue weighted by Gasteiger charge is 2.12. The number of amides is 1. The van der Waals surface area contributed by atoms with Crippen molar-refractivity contribution in [3.05, 3.63) is 36.2 Å². The molecule has 0 fully saturated rings. The maximum Gasteiger partial charge on any atom is 0.358 e. The lowest BCUT2D eigenvalue weighted by molar-refractivity contribution is -0.119. The van der Waals surface area contributed by atoms with Gasteiger partial charge in [-0.25, -0.2) is 9.48 Å². The van der Waals surface area contributed by atoms with Crippen LogP contribution in [0, 0.1) is 5.92 Å². The van der Waals surface area contributed by atoms with Crippen molar-refractivity contribution in [2.45, 2.75) is 20.3 Å². The summed E-state index contributed by atoms with van der Waals surface area (Å²) in [4.78, 5) is 22.7. The number of benzene rings is 1. The monoisotopic (exact) mass is 288 g/mol. The molecule has 2 aromatic rings. The van der Waals surface area contributed by atoms with Gasteiger partial charge in [-0.1, -0.05) is 25.1 Å². The Kier molecular flexibility index (Phi) is 4.32. The van der Waals surface area contributed by atoms with E-state index in [1.807, 2.05) is 13.8 Å². The van der Waals surface area contributed by atoms with E-state index in [1.54, 1.807) is 24.3 Å². The summed E-state index contributed by atoms with van der Waals surface area (Å²) in [6.07, 6.45) is 2.08. The molecule has 0 saturated carbocycles. The predicted molar refractivity (Wildman–Crippen MR) is 76.4 cm³/mol. The van der Waals surface area contributed by atoms with E-state index in [0.29, 0.717) is 11.4 Å². The Labute approximate surface area is 121 Å². The summed E-state index contributed by atoms with van der Waals surface area (Å²) in [6.45, 7) is 3.80. The second-order valence-electron chi connectivity index (χ2n) is 4.70. The first-order chi connectivity index (χ1) is 10.0. The molecule has 1 unspecified atom stereocenters. The maximum absolute atomic E-state index is 11.9. The quantitative estimate of drug-likeness (QED) is 0.876. The first-order valence-corrected chi connectivity index (χ1v) is 6.58. The van der Waals surface area contributed by atoms with E-state index < -0.39 is 5.97 Å². The Morgan fingerprint density at radius 1 is 1.43 bits per heavy atom. The third-order valence-corrected chi connectivity index (χ3v) is 3.15. The van der Waals surface area contributed by atoms with Gasteiger partial charge in [0.15, 0.2) is 5.69 Å². The summed E-state index contributed by atoms with van der Waals surface area (Å²) < 4.78 is 1.35. The highest BCUT2D eigenvalue weighted by molar-refractivity contribution is 5.92. The van der Waals surface area contributed by atoms with E-state index in [0.717, 1.165) is 6.42 Å². The average molecular weight is 288 g/mol. The molecule has 0 aliphatic heterocycles. The number of nitrogens with one attached hydrogen (secondary N) is 1. The lowest BCUT2D eigenvalue weighted by Gasteiger charge is -2.10. The smallest absolute Gasteiger partial charge is 0.358 e. The zero-order chi connectivity index (χ0) is 15.4. The molecular formula is C14H16N4O3. The van der Waals surface area contributed by atoms with Crippen molar-refractivity contribution in [3.8, 4) is 5.69 Å². The summed E-state index contributed by atoms with van der Waals surface area (Å²) >= 11 is 0. The van der Waals surface area contributed by atoms with Crippen LogP contribution in [-0.4, -0.2) is 32.0 Å². The van der Waals surface area contributed by atoms with Crippen LogP contribution in [0.15, 0.2) is 30.5 Å². The lowest BCUT2D eigenvalue weighted by atomic mass is 10.1. The largest absolute Gasteiger partial charge is 0.476 e. The van der Waals surface area contributed by atoms with Gasteiger partial charge in [-0.15, -0.1) is 5.10 Å². The zero-order valence-electron chi connectivity index (χ0n) is 11.8. The number of carbonyl (C=O) groups is 2. The summed E-state index contributed by atoms with van der Waals surface area (Å²) in [5.74, 6) is -1.26. The zero-order valence-corrected chi connectivity index (χ0v) is 11.8. The molecule has 110 valence electrons. The van der Waals surface area contributed by atoms with E-state index in [2.05, 4.69) is 15.6 Å². The molecule has 1 aromatic carbocycles. The molecule has 0 spiro atoms. The van der Waals surface area contributed by atoms with Crippen LogP contribution in [-0.2, 0) is 4.79 Å². The minimum absolute atomic E-state index is 0.0561. The fourth-order valence-electron chi connectivity index (χ4n) is 1.67. The molecular weight excluding hydrogens is 272 g/mol. The summed E-state index contributed by atoms with van der Waals surface area (Å²) in [5.41, 5.74) is 1.12. The van der Waals surface area contributed by atoms with E-state index >= 15 is 0 Å². The third-order valence-electron chi connectivity index (χ3n) is 3.15. The van der Waals surface area contributed by atoms with Crippen LogP contribution in [0.5, 0.6) is 0 Å². The number of carbonyl (C=O) groups excluding carboxylic acids is 1. The summed E-state index contributed by atoms with van der Waals surface area (Å²) in [5, 5.41) is 19.0. The number of hydrogen-bond acceptors (Lipinski definition) is 4. The molecule has 0 radical (unpaired) electrons. The van der Waals surface area contributed by atoms with Gasteiger partial charge in [0.25, 0.3) is 0 Å². The van der Waals surface area contributed by atoms with Gasteiger partial charge in [-0.3, -0.25) is 4.79 Å². The van der Waals surface area contributed by atoms with Crippen molar-refractivity contribution < 1.29 is 14.7 Å². The second-order valence-corrected chi connectivity index (χ2v) is 4.70. The number of aromatic carboxylic acids is 1. The van der Waals surface area contributed by atoms with Crippen LogP contribution in [0.25, 0.3) is 5.69 Å². The van der Waals surface area contributed by atoms with Crippen LogP contribution in [0.1, 0.15) is 30.8 Å². The topological polar surface area (TPSA) is 97.1 Å². The number of anilines is 1. The van der Waals surface area contributed by atoms with Crippen molar-refractivity contribution in [1.82, 2.24) is 15.0 Å². The van der Waals surface area contributed by atoms with Gasteiger partial charge in [0, 0.05) is 11.6 Å². The number of aromatic nitrogens is 3. The Morgan fingerprint density at radius 2 is 2.19 bits per heavy atom. The number of rotatable bonds is 5. The van der Waals surface area contributed by atoms with Crippen LogP contribution in [0.3, 0.4) is 0 Å². The van der Waals surface area contributed by atoms with Gasteiger partial charge in [0.05, 0.1) is 11.9 Å². The molecule has 1 heterocycles. The molecule has 0 bridgehead atoms. The van der Waals surface area contributed by atoms with Crippen molar-refractivity contribution in [2.24, 2.45) is 5.92 Å². The van der Waals surface area contributed by atoms with E-state index in [1.165, 1.54) is 10.9 Å². The van der Waals surface area contributed by atoms with Crippen molar-refractivity contribution >= 4 is 17.6 Å². The van der Waals surface area contributed by atoms with Gasteiger partial charge < -0.3 is 10.4 Å². The fourth-order valence-corrected chi connectivity index (χ4v) is 1.67. The van der Waals surface area contributed by atoms with Crippen molar-refractivity contribution in [2.75, 3.05) is 5.32 Å². The molecule has 1 atom stereocenters. The van der Waals surface area contributed by atoms with Crippen molar-refractivity contribution in [3.63, 3.8) is 0 Å². The Bertz CT molecular complexity index is 666. The molecule has 21 heavy (non-hydrogen) atoms. The maximum atomic E-state index is 11.9. The number of nitrogens with zero attached hydrogens (tertiary/aromatic N) is 3. The van der Waals surface area contributed by atoms with E-state index in [9.17, 15) is 9.59 Å². The van der Waals surface area contributed by atoms with Gasteiger partial charge >= 0.3 is 5.97 Å². The molecule has 2 N–H and O–H groups in total. The molecule has 1 aromatic heterocycles. The molecule has 0 aliphatic carbocycles. The van der Waals surface area contributed by atoms with E-state index in [4.69, 9.17) is 5.11 Å². The molecule has 2 rings (SSSR count). The minimum atomic E-state index is -1.14. The standard InChI is InChI=1S/C14H16N4O3/c1-3-9(2)13(19)15-10-5-4-6-11(7-10)18-8-12(14(20)21)16-17-18/h4-9H,3H2,1-2H3,(H,15,19)(H,20,21). The van der Waals surface area contributed by atoms with Gasteiger partial charge in [-0.2, -0.15) is 0 Å². The molecule has 0 aliphatic rings. The molecule has 1 amide bonds. The van der Waals surface area contributed by atoms with Gasteiger partial charge in [0.2, 0.25) is 5.91 Å².